The smallest absolute Gasteiger partial charge is 0.269 e. The van der Waals surface area contributed by atoms with Gasteiger partial charge < -0.3 is 9.80 Å². The van der Waals surface area contributed by atoms with E-state index in [2.05, 4.69) is 4.90 Å². The predicted molar refractivity (Wildman–Crippen MR) is 108 cm³/mol. The molecule has 0 spiro atoms. The minimum atomic E-state index is -0.469. The second kappa shape index (κ2) is 10.0. The van der Waals surface area contributed by atoms with E-state index in [1.165, 1.54) is 44.5 Å². The highest BCUT2D eigenvalue weighted by Gasteiger charge is 2.27. The summed E-state index contributed by atoms with van der Waals surface area (Å²) in [5, 5.41) is 10.6. The quantitative estimate of drug-likeness (QED) is 0.409. The molecule has 0 atom stereocenters. The molecule has 3 rings (SSSR count). The number of nitro groups is 1. The van der Waals surface area contributed by atoms with Crippen molar-refractivity contribution < 1.29 is 14.5 Å². The number of carbonyl (C=O) groups excluding carboxylic acids is 2. The Morgan fingerprint density at radius 3 is 2.25 bits per heavy atom. The van der Waals surface area contributed by atoms with E-state index in [1.807, 2.05) is 4.90 Å². The summed E-state index contributed by atoms with van der Waals surface area (Å²) in [5.74, 6) is 0.0507. The summed E-state index contributed by atoms with van der Waals surface area (Å²) in [6.45, 7) is 3.94. The molecule has 7 nitrogen and oxygen atoms in total. The molecular weight excluding hydrogens is 378 g/mol. The zero-order valence-electron chi connectivity index (χ0n) is 16.0. The van der Waals surface area contributed by atoms with Crippen molar-refractivity contribution >= 4 is 28.5 Å². The molecule has 2 heterocycles. The van der Waals surface area contributed by atoms with Gasteiger partial charge in [0.2, 0.25) is 5.91 Å². The number of likely N-dealkylation sites (tertiary alicyclic amines) is 2. The van der Waals surface area contributed by atoms with Crippen LogP contribution in [0.4, 0.5) is 5.69 Å². The highest BCUT2D eigenvalue weighted by Crippen LogP contribution is 2.25. The highest BCUT2D eigenvalue weighted by atomic mass is 32.2. The molecule has 0 aliphatic carbocycles. The largest absolute Gasteiger partial charge is 0.343 e. The molecule has 8 heteroatoms. The van der Waals surface area contributed by atoms with Crippen LogP contribution in [0.3, 0.4) is 0 Å². The number of benzene rings is 1. The second-order valence-electron chi connectivity index (χ2n) is 7.43. The first-order valence-corrected chi connectivity index (χ1v) is 10.8. The molecule has 1 aromatic carbocycles. The van der Waals surface area contributed by atoms with Crippen molar-refractivity contribution in [3.8, 4) is 0 Å². The van der Waals surface area contributed by atoms with E-state index < -0.39 is 4.92 Å². The first-order valence-electron chi connectivity index (χ1n) is 10.00. The summed E-state index contributed by atoms with van der Waals surface area (Å²) in [7, 11) is 0. The van der Waals surface area contributed by atoms with Gasteiger partial charge in [-0.1, -0.05) is 18.2 Å². The van der Waals surface area contributed by atoms with Gasteiger partial charge in [-0.05, 0) is 50.9 Å². The SMILES string of the molecule is O=C(CCC(=O)N1CCC(N2CCCCC2)CC1)Sc1ccc([N+](=O)[O-])cc1. The Balaban J connectivity index is 1.38. The number of non-ortho nitro benzene ring substituents is 1. The van der Waals surface area contributed by atoms with Gasteiger partial charge in [-0.3, -0.25) is 19.7 Å². The molecular formula is C20H27N3O4S. The number of thioether (sulfide) groups is 1. The fraction of sp³-hybridized carbons (Fsp3) is 0.600. The summed E-state index contributed by atoms with van der Waals surface area (Å²) in [6.07, 6.45) is 6.37. The highest BCUT2D eigenvalue weighted by molar-refractivity contribution is 8.13. The molecule has 0 bridgehead atoms. The Morgan fingerprint density at radius 2 is 1.64 bits per heavy atom. The molecule has 2 fully saturated rings. The first-order chi connectivity index (χ1) is 13.5. The van der Waals surface area contributed by atoms with Crippen LogP contribution in [-0.2, 0) is 9.59 Å². The third kappa shape index (κ3) is 5.78. The number of nitrogens with zero attached hydrogens (tertiary/aromatic N) is 3. The van der Waals surface area contributed by atoms with Gasteiger partial charge in [-0.15, -0.1) is 0 Å². The lowest BCUT2D eigenvalue weighted by Gasteiger charge is -2.40. The maximum absolute atomic E-state index is 12.4. The Morgan fingerprint density at radius 1 is 1.00 bits per heavy atom. The van der Waals surface area contributed by atoms with Crippen LogP contribution in [0.25, 0.3) is 0 Å². The van der Waals surface area contributed by atoms with E-state index in [0.717, 1.165) is 37.7 Å². The zero-order chi connectivity index (χ0) is 19.9. The number of hydrogen-bond donors (Lipinski definition) is 0. The molecule has 28 heavy (non-hydrogen) atoms. The maximum Gasteiger partial charge on any atom is 0.269 e. The normalized spacial score (nSPS) is 18.8. The molecule has 2 saturated heterocycles. The van der Waals surface area contributed by atoms with Crippen molar-refractivity contribution in [3.05, 3.63) is 34.4 Å². The predicted octanol–water partition coefficient (Wildman–Crippen LogP) is 3.47. The molecule has 2 aliphatic heterocycles. The van der Waals surface area contributed by atoms with E-state index in [0.29, 0.717) is 10.9 Å². The average molecular weight is 406 g/mol. The van der Waals surface area contributed by atoms with Gasteiger partial charge >= 0.3 is 0 Å². The monoisotopic (exact) mass is 405 g/mol. The van der Waals surface area contributed by atoms with Crippen molar-refractivity contribution in [1.82, 2.24) is 9.80 Å². The molecule has 0 saturated carbocycles. The lowest BCUT2D eigenvalue weighted by molar-refractivity contribution is -0.384. The first kappa shape index (κ1) is 20.8. The third-order valence-electron chi connectivity index (χ3n) is 5.55. The topological polar surface area (TPSA) is 83.8 Å². The van der Waals surface area contributed by atoms with Crippen LogP contribution >= 0.6 is 11.8 Å². The molecule has 0 N–H and O–H groups in total. The van der Waals surface area contributed by atoms with Crippen molar-refractivity contribution in [3.63, 3.8) is 0 Å². The fourth-order valence-corrected chi connectivity index (χ4v) is 4.69. The van der Waals surface area contributed by atoms with Gasteiger partial charge in [-0.2, -0.15) is 0 Å². The standard InChI is InChI=1S/C20H27N3O4S/c24-19(22-14-10-16(11-15-22)21-12-2-1-3-13-21)8-9-20(25)28-18-6-4-17(5-7-18)23(26)27/h4-7,16H,1-3,8-15H2. The van der Waals surface area contributed by atoms with Gasteiger partial charge in [0.25, 0.3) is 5.69 Å². The Bertz CT molecular complexity index is 696. The minimum Gasteiger partial charge on any atom is -0.343 e. The van der Waals surface area contributed by atoms with Crippen molar-refractivity contribution in [2.24, 2.45) is 0 Å². The van der Waals surface area contributed by atoms with Crippen LogP contribution in [-0.4, -0.2) is 58.0 Å². The van der Waals surface area contributed by atoms with E-state index in [-0.39, 0.29) is 29.6 Å². The summed E-state index contributed by atoms with van der Waals surface area (Å²) in [5.41, 5.74) is -0.0000623. The van der Waals surface area contributed by atoms with E-state index in [4.69, 9.17) is 0 Å². The number of piperidine rings is 2. The summed E-state index contributed by atoms with van der Waals surface area (Å²) in [4.78, 5) is 39.9. The number of hydrogen-bond acceptors (Lipinski definition) is 6. The van der Waals surface area contributed by atoms with E-state index in [1.54, 1.807) is 12.1 Å². The zero-order valence-corrected chi connectivity index (χ0v) is 16.9. The molecule has 0 aromatic heterocycles. The number of carbonyl (C=O) groups is 2. The Labute approximate surface area is 169 Å². The second-order valence-corrected chi connectivity index (χ2v) is 8.56. The Kier molecular flexibility index (Phi) is 7.44. The van der Waals surface area contributed by atoms with Crippen molar-refractivity contribution in [2.45, 2.75) is 55.9 Å². The molecule has 0 radical (unpaired) electrons. The van der Waals surface area contributed by atoms with Crippen LogP contribution in [0.2, 0.25) is 0 Å². The molecule has 1 amide bonds. The van der Waals surface area contributed by atoms with Crippen molar-refractivity contribution in [1.29, 1.82) is 0 Å². The van der Waals surface area contributed by atoms with Crippen molar-refractivity contribution in [2.75, 3.05) is 26.2 Å². The third-order valence-corrected chi connectivity index (χ3v) is 6.49. The van der Waals surface area contributed by atoms with Gasteiger partial charge in [0.05, 0.1) is 4.92 Å². The maximum atomic E-state index is 12.4. The van der Waals surface area contributed by atoms with Gasteiger partial charge in [0.1, 0.15) is 0 Å². The lowest BCUT2D eigenvalue weighted by atomic mass is 9.99. The Hall–Kier alpha value is -1.93. The fourth-order valence-electron chi connectivity index (χ4n) is 3.95. The van der Waals surface area contributed by atoms with Crippen LogP contribution in [0.15, 0.2) is 29.2 Å². The summed E-state index contributed by atoms with van der Waals surface area (Å²) < 4.78 is 0. The van der Waals surface area contributed by atoms with Crippen LogP contribution < -0.4 is 0 Å². The van der Waals surface area contributed by atoms with Crippen LogP contribution in [0.1, 0.15) is 44.9 Å². The van der Waals surface area contributed by atoms with E-state index >= 15 is 0 Å². The number of amides is 1. The number of nitro benzene ring substituents is 1. The summed E-state index contributed by atoms with van der Waals surface area (Å²) >= 11 is 1.03. The average Bonchev–Trinajstić information content (AvgIpc) is 2.73. The lowest BCUT2D eigenvalue weighted by Crippen LogP contribution is -2.48. The summed E-state index contributed by atoms with van der Waals surface area (Å²) in [6, 6.07) is 6.49. The van der Waals surface area contributed by atoms with Crippen LogP contribution in [0.5, 0.6) is 0 Å². The van der Waals surface area contributed by atoms with E-state index in [9.17, 15) is 19.7 Å². The molecule has 152 valence electrons. The molecule has 0 unspecified atom stereocenters. The van der Waals surface area contributed by atoms with Crippen LogP contribution in [0, 0.1) is 10.1 Å². The van der Waals surface area contributed by atoms with Gasteiger partial charge in [-0.25, -0.2) is 0 Å². The van der Waals surface area contributed by atoms with Gasteiger partial charge in [0, 0.05) is 49.0 Å². The minimum absolute atomic E-state index is 0.0000623. The molecule has 2 aliphatic rings. The number of rotatable bonds is 6. The van der Waals surface area contributed by atoms with Gasteiger partial charge in [0.15, 0.2) is 5.12 Å². The molecule has 1 aromatic rings.